The fourth-order valence-corrected chi connectivity index (χ4v) is 2.76. The Kier molecular flexibility index (Phi) is 3.90. The van der Waals surface area contributed by atoms with Crippen LogP contribution < -0.4 is 10.2 Å². The van der Waals surface area contributed by atoms with E-state index < -0.39 is 0 Å². The number of nitrogens with zero attached hydrogens (tertiary/aromatic N) is 3. The molecule has 0 bridgehead atoms. The molecule has 1 aromatic heterocycles. The number of aromatic nitrogens is 2. The van der Waals surface area contributed by atoms with Crippen LogP contribution in [0.25, 0.3) is 0 Å². The number of anilines is 1. The Morgan fingerprint density at radius 1 is 1.24 bits per heavy atom. The number of amides is 1. The maximum Gasteiger partial charge on any atom is 0.327 e. The number of rotatable bonds is 2. The zero-order valence-electron chi connectivity index (χ0n) is 12.2. The first kappa shape index (κ1) is 13.7. The Labute approximate surface area is 124 Å². The Morgan fingerprint density at radius 2 is 1.95 bits per heavy atom. The maximum atomic E-state index is 12.1. The lowest BCUT2D eigenvalue weighted by molar-refractivity contribution is 0.235. The topological polar surface area (TPSA) is 50.2 Å². The number of nitrogens with one attached hydrogen (secondary N) is 1. The Bertz CT molecular complexity index is 600. The highest BCUT2D eigenvalue weighted by Gasteiger charge is 2.21. The van der Waals surface area contributed by atoms with Crippen LogP contribution >= 0.6 is 0 Å². The van der Waals surface area contributed by atoms with Crippen molar-refractivity contribution in [1.82, 2.24) is 14.9 Å². The minimum Gasteiger partial charge on any atom is -0.371 e. The first-order valence-corrected chi connectivity index (χ1v) is 7.35. The van der Waals surface area contributed by atoms with Gasteiger partial charge in [-0.3, -0.25) is 4.57 Å². The van der Waals surface area contributed by atoms with Crippen molar-refractivity contribution in [2.45, 2.75) is 25.8 Å². The summed E-state index contributed by atoms with van der Waals surface area (Å²) in [4.78, 5) is 18.6. The number of hydrogen-bond donors (Lipinski definition) is 1. The summed E-state index contributed by atoms with van der Waals surface area (Å²) in [5.74, 6) is 0.717. The molecule has 1 N–H and O–H groups in total. The third-order valence-electron chi connectivity index (χ3n) is 3.99. The van der Waals surface area contributed by atoms with Gasteiger partial charge >= 0.3 is 6.03 Å². The van der Waals surface area contributed by atoms with Gasteiger partial charge < -0.3 is 10.2 Å². The molecule has 0 atom stereocenters. The molecule has 110 valence electrons. The van der Waals surface area contributed by atoms with Crippen LogP contribution in [0.3, 0.4) is 0 Å². The highest BCUT2D eigenvalue weighted by molar-refractivity contribution is 5.77. The Morgan fingerprint density at radius 3 is 2.57 bits per heavy atom. The minimum atomic E-state index is -0.0804. The van der Waals surface area contributed by atoms with Crippen LogP contribution in [-0.2, 0) is 0 Å². The highest BCUT2D eigenvalue weighted by atomic mass is 16.2. The molecule has 2 aromatic rings. The van der Waals surface area contributed by atoms with E-state index >= 15 is 0 Å². The molecule has 1 aliphatic rings. The summed E-state index contributed by atoms with van der Waals surface area (Å²) in [7, 11) is 0. The number of imidazole rings is 1. The van der Waals surface area contributed by atoms with Crippen LogP contribution in [0.5, 0.6) is 0 Å². The van der Waals surface area contributed by atoms with Gasteiger partial charge in [0.15, 0.2) is 0 Å². The van der Waals surface area contributed by atoms with Gasteiger partial charge in [-0.15, -0.1) is 0 Å². The van der Waals surface area contributed by atoms with E-state index in [-0.39, 0.29) is 12.1 Å². The summed E-state index contributed by atoms with van der Waals surface area (Å²) >= 11 is 0. The van der Waals surface area contributed by atoms with Crippen molar-refractivity contribution < 1.29 is 4.79 Å². The monoisotopic (exact) mass is 284 g/mol. The van der Waals surface area contributed by atoms with Gasteiger partial charge in [0.25, 0.3) is 0 Å². The van der Waals surface area contributed by atoms with Crippen LogP contribution in [0.2, 0.25) is 0 Å². The Hall–Kier alpha value is -2.30. The van der Waals surface area contributed by atoms with E-state index in [1.165, 1.54) is 5.69 Å². The second kappa shape index (κ2) is 5.99. The van der Waals surface area contributed by atoms with Crippen molar-refractivity contribution in [3.8, 4) is 0 Å². The number of carbonyl (C=O) groups excluding carboxylic acids is 1. The molecule has 0 unspecified atom stereocenters. The molecular formula is C16H20N4O. The molecule has 0 radical (unpaired) electrons. The SMILES string of the molecule is Cc1nccn1C(=O)NC1CCN(c2ccccc2)CC1. The molecule has 5 nitrogen and oxygen atoms in total. The summed E-state index contributed by atoms with van der Waals surface area (Å²) in [6, 6.07) is 10.6. The molecule has 1 aliphatic heterocycles. The number of carbonyl (C=O) groups is 1. The van der Waals surface area contributed by atoms with Crippen LogP contribution in [-0.4, -0.2) is 34.7 Å². The average Bonchev–Trinajstić information content (AvgIpc) is 2.95. The zero-order chi connectivity index (χ0) is 14.7. The fraction of sp³-hybridized carbons (Fsp3) is 0.375. The lowest BCUT2D eigenvalue weighted by Crippen LogP contribution is -2.46. The normalized spacial score (nSPS) is 16.0. The quantitative estimate of drug-likeness (QED) is 0.921. The van der Waals surface area contributed by atoms with Crippen LogP contribution in [0.4, 0.5) is 10.5 Å². The van der Waals surface area contributed by atoms with E-state index in [2.05, 4.69) is 39.5 Å². The average molecular weight is 284 g/mol. The number of piperidine rings is 1. The fourth-order valence-electron chi connectivity index (χ4n) is 2.76. The maximum absolute atomic E-state index is 12.1. The van der Waals surface area contributed by atoms with Crippen molar-refractivity contribution >= 4 is 11.7 Å². The van der Waals surface area contributed by atoms with Gasteiger partial charge in [0, 0.05) is 37.2 Å². The van der Waals surface area contributed by atoms with E-state index in [9.17, 15) is 4.79 Å². The first-order valence-electron chi connectivity index (χ1n) is 7.35. The van der Waals surface area contributed by atoms with E-state index in [0.717, 1.165) is 25.9 Å². The highest BCUT2D eigenvalue weighted by Crippen LogP contribution is 2.19. The minimum absolute atomic E-state index is 0.0804. The zero-order valence-corrected chi connectivity index (χ0v) is 12.2. The molecule has 0 spiro atoms. The van der Waals surface area contributed by atoms with Crippen molar-refractivity contribution in [3.05, 3.63) is 48.5 Å². The number of hydrogen-bond acceptors (Lipinski definition) is 3. The largest absolute Gasteiger partial charge is 0.371 e. The molecule has 5 heteroatoms. The molecule has 0 aliphatic carbocycles. The molecule has 2 heterocycles. The summed E-state index contributed by atoms with van der Waals surface area (Å²) in [6.07, 6.45) is 5.28. The van der Waals surface area contributed by atoms with Crippen LogP contribution in [0.15, 0.2) is 42.7 Å². The number of para-hydroxylation sites is 1. The molecule has 3 rings (SSSR count). The van der Waals surface area contributed by atoms with Gasteiger partial charge in [-0.1, -0.05) is 18.2 Å². The van der Waals surface area contributed by atoms with Gasteiger partial charge in [-0.25, -0.2) is 9.78 Å². The lowest BCUT2D eigenvalue weighted by atomic mass is 10.0. The predicted molar refractivity (Wildman–Crippen MR) is 82.6 cm³/mol. The van der Waals surface area contributed by atoms with Crippen LogP contribution in [0.1, 0.15) is 18.7 Å². The van der Waals surface area contributed by atoms with Gasteiger partial charge in [0.2, 0.25) is 0 Å². The molecule has 1 amide bonds. The van der Waals surface area contributed by atoms with Crippen molar-refractivity contribution in [2.75, 3.05) is 18.0 Å². The Balaban J connectivity index is 1.55. The van der Waals surface area contributed by atoms with Crippen molar-refractivity contribution in [3.63, 3.8) is 0 Å². The smallest absolute Gasteiger partial charge is 0.327 e. The lowest BCUT2D eigenvalue weighted by Gasteiger charge is -2.34. The molecule has 1 saturated heterocycles. The van der Waals surface area contributed by atoms with E-state index in [1.54, 1.807) is 17.0 Å². The summed E-state index contributed by atoms with van der Waals surface area (Å²) in [5, 5.41) is 3.09. The molecule has 1 fully saturated rings. The third-order valence-corrected chi connectivity index (χ3v) is 3.99. The van der Waals surface area contributed by atoms with Gasteiger partial charge in [0.05, 0.1) is 0 Å². The standard InChI is InChI=1S/C16H20N4O/c1-13-17-9-12-20(13)16(21)18-14-7-10-19(11-8-14)15-5-3-2-4-6-15/h2-6,9,12,14H,7-8,10-11H2,1H3,(H,18,21). The van der Waals surface area contributed by atoms with E-state index in [4.69, 9.17) is 0 Å². The summed E-state index contributed by atoms with van der Waals surface area (Å²) in [5.41, 5.74) is 1.26. The first-order chi connectivity index (χ1) is 10.2. The van der Waals surface area contributed by atoms with Crippen molar-refractivity contribution in [2.24, 2.45) is 0 Å². The summed E-state index contributed by atoms with van der Waals surface area (Å²) < 4.78 is 1.56. The number of benzene rings is 1. The molecule has 21 heavy (non-hydrogen) atoms. The van der Waals surface area contributed by atoms with Crippen molar-refractivity contribution in [1.29, 1.82) is 0 Å². The second-order valence-electron chi connectivity index (χ2n) is 5.39. The third kappa shape index (κ3) is 3.07. The van der Waals surface area contributed by atoms with Gasteiger partial charge in [-0.05, 0) is 31.9 Å². The predicted octanol–water partition coefficient (Wildman–Crippen LogP) is 2.42. The molecule has 0 saturated carbocycles. The molecule has 1 aromatic carbocycles. The van der Waals surface area contributed by atoms with E-state index in [0.29, 0.717) is 5.82 Å². The molecular weight excluding hydrogens is 264 g/mol. The van der Waals surface area contributed by atoms with Gasteiger partial charge in [0.1, 0.15) is 5.82 Å². The second-order valence-corrected chi connectivity index (χ2v) is 5.39. The van der Waals surface area contributed by atoms with E-state index in [1.807, 2.05) is 13.0 Å². The van der Waals surface area contributed by atoms with Crippen LogP contribution in [0, 0.1) is 6.92 Å². The van der Waals surface area contributed by atoms with Gasteiger partial charge in [-0.2, -0.15) is 0 Å². The summed E-state index contributed by atoms with van der Waals surface area (Å²) in [6.45, 7) is 3.77. The number of aryl methyl sites for hydroxylation is 1.